The van der Waals surface area contributed by atoms with E-state index in [1.807, 2.05) is 30.3 Å². The molecule has 7 heteroatoms. The molecule has 0 saturated heterocycles. The number of thiazole rings is 1. The fourth-order valence-electron chi connectivity index (χ4n) is 3.17. The highest BCUT2D eigenvalue weighted by Gasteiger charge is 2.26. The lowest BCUT2D eigenvalue weighted by Gasteiger charge is -2.09. The molecule has 0 aliphatic carbocycles. The van der Waals surface area contributed by atoms with E-state index in [1.165, 1.54) is 23.5 Å². The van der Waals surface area contributed by atoms with Crippen LogP contribution in [0.2, 0.25) is 0 Å². The molecule has 2 heterocycles. The summed E-state index contributed by atoms with van der Waals surface area (Å²) < 4.78 is 10.8. The topological polar surface area (TPSA) is 89.6 Å². The van der Waals surface area contributed by atoms with Crippen molar-refractivity contribution >= 4 is 28.3 Å². The second-order valence-electron chi connectivity index (χ2n) is 6.40. The molecule has 0 unspecified atom stereocenters. The zero-order valence-corrected chi connectivity index (χ0v) is 16.6. The highest BCUT2D eigenvalue weighted by molar-refractivity contribution is 7.13. The minimum absolute atomic E-state index is 0.0549. The molecule has 0 saturated carbocycles. The number of benzene rings is 2. The Labute approximate surface area is 170 Å². The number of ether oxygens (including phenoxy) is 1. The molecule has 29 heavy (non-hydrogen) atoms. The van der Waals surface area contributed by atoms with Crippen LogP contribution in [0.15, 0.2) is 57.1 Å². The molecule has 0 aliphatic heterocycles. The Hall–Kier alpha value is -3.45. The van der Waals surface area contributed by atoms with Gasteiger partial charge in [0, 0.05) is 17.0 Å². The number of phenols is 1. The first-order valence-corrected chi connectivity index (χ1v) is 9.86. The highest BCUT2D eigenvalue weighted by Crippen LogP contribution is 2.32. The maximum Gasteiger partial charge on any atom is 0.375 e. The Kier molecular flexibility index (Phi) is 4.90. The van der Waals surface area contributed by atoms with E-state index in [2.05, 4.69) is 4.98 Å². The monoisotopic (exact) mass is 407 g/mol. The van der Waals surface area contributed by atoms with Gasteiger partial charge in [-0.1, -0.05) is 30.3 Å². The van der Waals surface area contributed by atoms with Crippen LogP contribution in [-0.2, 0) is 4.74 Å². The molecule has 0 atom stereocenters. The number of aryl methyl sites for hydroxylation is 1. The van der Waals surface area contributed by atoms with Gasteiger partial charge in [-0.3, -0.25) is 4.79 Å². The number of rotatable bonds is 4. The number of esters is 1. The Morgan fingerprint density at radius 1 is 1.24 bits per heavy atom. The van der Waals surface area contributed by atoms with E-state index in [1.54, 1.807) is 19.2 Å². The molecular weight excluding hydrogens is 390 g/mol. The number of fused-ring (bicyclic) bond motifs is 1. The molecule has 0 spiro atoms. The number of carbonyl (C=O) groups excluding carboxylic acids is 1. The Balaban J connectivity index is 1.99. The van der Waals surface area contributed by atoms with Gasteiger partial charge in [0.2, 0.25) is 11.2 Å². The molecule has 0 amide bonds. The van der Waals surface area contributed by atoms with Crippen molar-refractivity contribution in [1.82, 2.24) is 4.98 Å². The number of nitrogens with zero attached hydrogens (tertiary/aromatic N) is 1. The molecular formula is C22H17NO5S. The zero-order chi connectivity index (χ0) is 20.5. The quantitative estimate of drug-likeness (QED) is 0.490. The molecule has 4 aromatic rings. The second kappa shape index (κ2) is 7.52. The number of carbonyl (C=O) groups is 1. The third-order valence-electron chi connectivity index (χ3n) is 4.42. The predicted octanol–water partition coefficient (Wildman–Crippen LogP) is 4.77. The first-order valence-electron chi connectivity index (χ1n) is 8.98. The Bertz CT molecular complexity index is 1270. The molecule has 0 bridgehead atoms. The zero-order valence-electron chi connectivity index (χ0n) is 15.8. The number of aromatic nitrogens is 1. The molecule has 1 N–H and O–H groups in total. The SMILES string of the molecule is CCOC(=O)c1oc2cc(O)cc(C)c2c(=O)c1-c1csc(-c2ccccc2)n1. The van der Waals surface area contributed by atoms with Crippen molar-refractivity contribution in [3.05, 3.63) is 69.4 Å². The first-order chi connectivity index (χ1) is 14.0. The number of aromatic hydroxyl groups is 1. The summed E-state index contributed by atoms with van der Waals surface area (Å²) in [5.74, 6) is -1.03. The lowest BCUT2D eigenvalue weighted by molar-refractivity contribution is 0.0492. The van der Waals surface area contributed by atoms with Crippen molar-refractivity contribution in [3.63, 3.8) is 0 Å². The van der Waals surface area contributed by atoms with E-state index in [0.717, 1.165) is 10.6 Å². The third-order valence-corrected chi connectivity index (χ3v) is 5.31. The minimum Gasteiger partial charge on any atom is -0.508 e. The van der Waals surface area contributed by atoms with E-state index in [-0.39, 0.29) is 29.3 Å². The molecule has 2 aromatic heterocycles. The van der Waals surface area contributed by atoms with Gasteiger partial charge in [-0.15, -0.1) is 11.3 Å². The van der Waals surface area contributed by atoms with Crippen LogP contribution >= 0.6 is 11.3 Å². The van der Waals surface area contributed by atoms with Crippen LogP contribution in [0.25, 0.3) is 32.8 Å². The Morgan fingerprint density at radius 2 is 2.00 bits per heavy atom. The third kappa shape index (κ3) is 3.40. The molecule has 4 rings (SSSR count). The van der Waals surface area contributed by atoms with Crippen LogP contribution < -0.4 is 5.43 Å². The maximum absolute atomic E-state index is 13.4. The van der Waals surface area contributed by atoms with Crippen LogP contribution in [0.5, 0.6) is 5.75 Å². The van der Waals surface area contributed by atoms with Gasteiger partial charge < -0.3 is 14.3 Å². The van der Waals surface area contributed by atoms with Crippen LogP contribution in [0.3, 0.4) is 0 Å². The predicted molar refractivity (Wildman–Crippen MR) is 111 cm³/mol. The van der Waals surface area contributed by atoms with Gasteiger partial charge in [0.25, 0.3) is 0 Å². The summed E-state index contributed by atoms with van der Waals surface area (Å²) in [6, 6.07) is 12.3. The molecule has 0 radical (unpaired) electrons. The van der Waals surface area contributed by atoms with Crippen molar-refractivity contribution < 1.29 is 19.1 Å². The highest BCUT2D eigenvalue weighted by atomic mass is 32.1. The van der Waals surface area contributed by atoms with Crippen LogP contribution in [0, 0.1) is 6.92 Å². The van der Waals surface area contributed by atoms with Gasteiger partial charge in [-0.05, 0) is 25.5 Å². The number of hydrogen-bond donors (Lipinski definition) is 1. The lowest BCUT2D eigenvalue weighted by atomic mass is 10.0. The molecule has 0 fully saturated rings. The first kappa shape index (κ1) is 18.9. The largest absolute Gasteiger partial charge is 0.508 e. The van der Waals surface area contributed by atoms with E-state index in [4.69, 9.17) is 9.15 Å². The molecule has 0 aliphatic rings. The van der Waals surface area contributed by atoms with E-state index >= 15 is 0 Å². The summed E-state index contributed by atoms with van der Waals surface area (Å²) >= 11 is 1.37. The summed E-state index contributed by atoms with van der Waals surface area (Å²) in [7, 11) is 0. The number of phenolic OH excluding ortho intramolecular Hbond substituents is 1. The fourth-order valence-corrected chi connectivity index (χ4v) is 3.99. The average molecular weight is 407 g/mol. The van der Waals surface area contributed by atoms with Crippen LogP contribution in [-0.4, -0.2) is 22.7 Å². The van der Waals surface area contributed by atoms with Crippen molar-refractivity contribution in [1.29, 1.82) is 0 Å². The van der Waals surface area contributed by atoms with Gasteiger partial charge in [-0.2, -0.15) is 0 Å². The average Bonchev–Trinajstić information content (AvgIpc) is 3.17. The van der Waals surface area contributed by atoms with Gasteiger partial charge in [0.05, 0.1) is 23.3 Å². The summed E-state index contributed by atoms with van der Waals surface area (Å²) in [4.78, 5) is 30.5. The maximum atomic E-state index is 13.4. The fraction of sp³-hybridized carbons (Fsp3) is 0.136. The summed E-state index contributed by atoms with van der Waals surface area (Å²) in [5.41, 5.74) is 1.59. The molecule has 146 valence electrons. The summed E-state index contributed by atoms with van der Waals surface area (Å²) in [6.07, 6.45) is 0. The van der Waals surface area contributed by atoms with Crippen molar-refractivity contribution in [2.45, 2.75) is 13.8 Å². The van der Waals surface area contributed by atoms with Crippen LogP contribution in [0.1, 0.15) is 23.0 Å². The second-order valence-corrected chi connectivity index (χ2v) is 7.25. The summed E-state index contributed by atoms with van der Waals surface area (Å²) in [5, 5.41) is 12.6. The minimum atomic E-state index is -0.753. The normalized spacial score (nSPS) is 11.0. The van der Waals surface area contributed by atoms with Gasteiger partial charge in [0.15, 0.2) is 0 Å². The van der Waals surface area contributed by atoms with Crippen LogP contribution in [0.4, 0.5) is 0 Å². The van der Waals surface area contributed by atoms with E-state index in [9.17, 15) is 14.7 Å². The smallest absolute Gasteiger partial charge is 0.375 e. The van der Waals surface area contributed by atoms with E-state index < -0.39 is 11.4 Å². The lowest BCUT2D eigenvalue weighted by Crippen LogP contribution is -2.15. The molecule has 6 nitrogen and oxygen atoms in total. The van der Waals surface area contributed by atoms with Crippen molar-refractivity contribution in [3.8, 4) is 27.6 Å². The van der Waals surface area contributed by atoms with Crippen molar-refractivity contribution in [2.75, 3.05) is 6.61 Å². The van der Waals surface area contributed by atoms with E-state index in [0.29, 0.717) is 16.6 Å². The molecule has 2 aromatic carbocycles. The van der Waals surface area contributed by atoms with Gasteiger partial charge in [0.1, 0.15) is 16.3 Å². The van der Waals surface area contributed by atoms with Gasteiger partial charge >= 0.3 is 5.97 Å². The summed E-state index contributed by atoms with van der Waals surface area (Å²) in [6.45, 7) is 3.50. The standard InChI is InChI=1S/C22H17NO5S/c1-3-27-22(26)20-18(15-11-29-21(23-15)13-7-5-4-6-8-13)19(25)17-12(2)9-14(24)10-16(17)28-20/h4-11,24H,3H2,1-2H3. The van der Waals surface area contributed by atoms with Gasteiger partial charge in [-0.25, -0.2) is 9.78 Å². The number of hydrogen-bond acceptors (Lipinski definition) is 7. The Morgan fingerprint density at radius 3 is 2.72 bits per heavy atom. The van der Waals surface area contributed by atoms with Crippen molar-refractivity contribution in [2.24, 2.45) is 0 Å².